The molecule has 146 valence electrons. The Bertz CT molecular complexity index is 957. The smallest absolute Gasteiger partial charge is 0.418 e. The van der Waals surface area contributed by atoms with Crippen LogP contribution in [0.25, 0.3) is 11.3 Å². The van der Waals surface area contributed by atoms with Crippen LogP contribution in [0.4, 0.5) is 17.6 Å². The van der Waals surface area contributed by atoms with E-state index in [2.05, 4.69) is 15.3 Å². The first-order valence-electron chi connectivity index (χ1n) is 7.92. The van der Waals surface area contributed by atoms with Gasteiger partial charge < -0.3 is 14.8 Å². The highest BCUT2D eigenvalue weighted by Gasteiger charge is 2.39. The molecule has 2 aromatic heterocycles. The summed E-state index contributed by atoms with van der Waals surface area (Å²) in [7, 11) is 0. The summed E-state index contributed by atoms with van der Waals surface area (Å²) in [5, 5.41) is 12.1. The van der Waals surface area contributed by atoms with Crippen molar-refractivity contribution in [2.45, 2.75) is 18.8 Å². The number of aromatic nitrogens is 2. The van der Waals surface area contributed by atoms with Crippen molar-refractivity contribution in [3.63, 3.8) is 0 Å². The Hall–Kier alpha value is -3.27. The summed E-state index contributed by atoms with van der Waals surface area (Å²) in [5.41, 5.74) is -0.438. The predicted molar refractivity (Wildman–Crippen MR) is 88.3 cm³/mol. The van der Waals surface area contributed by atoms with E-state index in [1.165, 1.54) is 24.6 Å². The number of hydrogen-bond donors (Lipinski definition) is 2. The first-order valence-corrected chi connectivity index (χ1v) is 7.92. The SMILES string of the molecule is O=C(NCc1ncco1)c1cc(-c2ccc(F)cn2)cc(C(O)C(F)(F)F)c1. The lowest BCUT2D eigenvalue weighted by atomic mass is 9.99. The lowest BCUT2D eigenvalue weighted by Crippen LogP contribution is -2.24. The third kappa shape index (κ3) is 4.52. The van der Waals surface area contributed by atoms with Crippen LogP contribution in [0.2, 0.25) is 0 Å². The quantitative estimate of drug-likeness (QED) is 0.647. The number of rotatable bonds is 5. The number of carbonyl (C=O) groups is 1. The third-order valence-electron chi connectivity index (χ3n) is 3.75. The molecule has 10 heteroatoms. The second-order valence-electron chi connectivity index (χ2n) is 5.76. The molecule has 3 rings (SSSR count). The van der Waals surface area contributed by atoms with E-state index in [9.17, 15) is 27.5 Å². The molecule has 1 aromatic carbocycles. The number of oxazole rings is 1. The number of nitrogens with one attached hydrogen (secondary N) is 1. The molecule has 0 bridgehead atoms. The Labute approximate surface area is 155 Å². The van der Waals surface area contributed by atoms with Crippen LogP contribution in [0.15, 0.2) is 53.4 Å². The average Bonchev–Trinajstić information content (AvgIpc) is 3.18. The summed E-state index contributed by atoms with van der Waals surface area (Å²) in [6, 6.07) is 5.59. The molecule has 0 saturated heterocycles. The zero-order valence-electron chi connectivity index (χ0n) is 14.1. The Morgan fingerprint density at radius 2 is 2.00 bits per heavy atom. The van der Waals surface area contributed by atoms with Crippen molar-refractivity contribution >= 4 is 5.91 Å². The molecule has 6 nitrogen and oxygen atoms in total. The van der Waals surface area contributed by atoms with Crippen LogP contribution in [-0.4, -0.2) is 27.2 Å². The van der Waals surface area contributed by atoms with Crippen LogP contribution in [0.3, 0.4) is 0 Å². The molecule has 28 heavy (non-hydrogen) atoms. The van der Waals surface area contributed by atoms with E-state index in [1.54, 1.807) is 0 Å². The minimum absolute atomic E-state index is 0.0813. The summed E-state index contributed by atoms with van der Waals surface area (Å²) in [4.78, 5) is 20.0. The van der Waals surface area contributed by atoms with Gasteiger partial charge in [0.25, 0.3) is 5.91 Å². The fourth-order valence-corrected chi connectivity index (χ4v) is 2.42. The van der Waals surface area contributed by atoms with E-state index in [-0.39, 0.29) is 29.3 Å². The van der Waals surface area contributed by atoms with Crippen molar-refractivity contribution in [1.82, 2.24) is 15.3 Å². The van der Waals surface area contributed by atoms with Gasteiger partial charge in [0.2, 0.25) is 5.89 Å². The van der Waals surface area contributed by atoms with Gasteiger partial charge in [-0.15, -0.1) is 0 Å². The number of nitrogens with zero attached hydrogens (tertiary/aromatic N) is 2. The topological polar surface area (TPSA) is 88.3 Å². The molecule has 0 aliphatic carbocycles. The maximum Gasteiger partial charge on any atom is 0.418 e. The number of pyridine rings is 1. The summed E-state index contributed by atoms with van der Waals surface area (Å²) in [6.45, 7) is -0.0813. The lowest BCUT2D eigenvalue weighted by Gasteiger charge is -2.17. The van der Waals surface area contributed by atoms with Gasteiger partial charge in [-0.25, -0.2) is 9.37 Å². The maximum absolute atomic E-state index is 13.1. The molecule has 2 N–H and O–H groups in total. The van der Waals surface area contributed by atoms with Gasteiger partial charge in [-0.05, 0) is 35.9 Å². The van der Waals surface area contributed by atoms with Gasteiger partial charge in [-0.3, -0.25) is 9.78 Å². The molecule has 1 unspecified atom stereocenters. The van der Waals surface area contributed by atoms with Crippen LogP contribution in [0.1, 0.15) is 27.9 Å². The van der Waals surface area contributed by atoms with Crippen LogP contribution in [-0.2, 0) is 6.54 Å². The normalized spacial score (nSPS) is 12.6. The second-order valence-corrected chi connectivity index (χ2v) is 5.76. The highest BCUT2D eigenvalue weighted by molar-refractivity contribution is 5.95. The highest BCUT2D eigenvalue weighted by Crippen LogP contribution is 2.34. The Balaban J connectivity index is 1.96. The Morgan fingerprint density at radius 1 is 1.21 bits per heavy atom. The second kappa shape index (κ2) is 7.77. The van der Waals surface area contributed by atoms with Gasteiger partial charge >= 0.3 is 6.18 Å². The number of amides is 1. The molecule has 2 heterocycles. The fraction of sp³-hybridized carbons (Fsp3) is 0.167. The van der Waals surface area contributed by atoms with Crippen LogP contribution in [0, 0.1) is 5.82 Å². The Morgan fingerprint density at radius 3 is 2.61 bits per heavy atom. The summed E-state index contributed by atoms with van der Waals surface area (Å²) in [6.07, 6.45) is -4.16. The van der Waals surface area contributed by atoms with Crippen molar-refractivity contribution in [2.24, 2.45) is 0 Å². The van der Waals surface area contributed by atoms with Crippen molar-refractivity contribution in [3.8, 4) is 11.3 Å². The standard InChI is InChI=1S/C18H13F4N3O3/c19-13-1-2-14(24-8-13)10-5-11(16(26)18(20,21)22)7-12(6-10)17(27)25-9-15-23-3-4-28-15/h1-8,16,26H,9H2,(H,25,27). The van der Waals surface area contributed by atoms with Gasteiger partial charge in [0.1, 0.15) is 12.1 Å². The van der Waals surface area contributed by atoms with E-state index < -0.39 is 29.6 Å². The van der Waals surface area contributed by atoms with E-state index in [1.807, 2.05) is 0 Å². The van der Waals surface area contributed by atoms with E-state index in [0.717, 1.165) is 24.4 Å². The lowest BCUT2D eigenvalue weighted by molar-refractivity contribution is -0.206. The summed E-state index contributed by atoms with van der Waals surface area (Å²) >= 11 is 0. The molecule has 0 aliphatic heterocycles. The molecule has 1 atom stereocenters. The largest absolute Gasteiger partial charge is 0.447 e. The van der Waals surface area contributed by atoms with Crippen molar-refractivity contribution in [2.75, 3.05) is 0 Å². The molecule has 0 saturated carbocycles. The predicted octanol–water partition coefficient (Wildman–Crippen LogP) is 3.40. The first-order chi connectivity index (χ1) is 13.2. The van der Waals surface area contributed by atoms with E-state index >= 15 is 0 Å². The number of aliphatic hydroxyl groups excluding tert-OH is 1. The molecular formula is C18H13F4N3O3. The minimum Gasteiger partial charge on any atom is -0.447 e. The Kier molecular flexibility index (Phi) is 5.41. The average molecular weight is 395 g/mol. The van der Waals surface area contributed by atoms with Crippen LogP contribution >= 0.6 is 0 Å². The number of halogens is 4. The zero-order valence-corrected chi connectivity index (χ0v) is 14.1. The molecule has 1 amide bonds. The van der Waals surface area contributed by atoms with Crippen molar-refractivity contribution in [3.05, 3.63) is 71.8 Å². The summed E-state index contributed by atoms with van der Waals surface area (Å²) < 4.78 is 56.9. The molecule has 3 aromatic rings. The van der Waals surface area contributed by atoms with Gasteiger partial charge in [-0.2, -0.15) is 13.2 Å². The molecule has 0 radical (unpaired) electrons. The van der Waals surface area contributed by atoms with Crippen molar-refractivity contribution < 1.29 is 31.9 Å². The van der Waals surface area contributed by atoms with Gasteiger partial charge in [0, 0.05) is 11.1 Å². The molecule has 0 aliphatic rings. The van der Waals surface area contributed by atoms with Gasteiger partial charge in [-0.1, -0.05) is 0 Å². The van der Waals surface area contributed by atoms with Gasteiger partial charge in [0.15, 0.2) is 6.10 Å². The van der Waals surface area contributed by atoms with Crippen LogP contribution in [0.5, 0.6) is 0 Å². The number of aliphatic hydroxyl groups is 1. The van der Waals surface area contributed by atoms with E-state index in [4.69, 9.17) is 4.42 Å². The fourth-order valence-electron chi connectivity index (χ4n) is 2.42. The number of benzene rings is 1. The highest BCUT2D eigenvalue weighted by atomic mass is 19.4. The van der Waals surface area contributed by atoms with Crippen LogP contribution < -0.4 is 5.32 Å². The van der Waals surface area contributed by atoms with E-state index in [0.29, 0.717) is 0 Å². The zero-order chi connectivity index (χ0) is 20.3. The van der Waals surface area contributed by atoms with Gasteiger partial charge in [0.05, 0.1) is 24.6 Å². The number of carbonyl (C=O) groups excluding carboxylic acids is 1. The van der Waals surface area contributed by atoms with Crippen molar-refractivity contribution in [1.29, 1.82) is 0 Å². The number of alkyl halides is 3. The number of hydrogen-bond acceptors (Lipinski definition) is 5. The summed E-state index contributed by atoms with van der Waals surface area (Å²) in [5.74, 6) is -1.13. The molecule has 0 fully saturated rings. The maximum atomic E-state index is 13.1. The molecule has 0 spiro atoms. The molecular weight excluding hydrogens is 382 g/mol. The monoisotopic (exact) mass is 395 g/mol. The third-order valence-corrected chi connectivity index (χ3v) is 3.75. The first kappa shape index (κ1) is 19.5. The minimum atomic E-state index is -4.93.